The number of Topliss-reactive ketones (excluding diaryl/α,β-unsaturated/α-hetero) is 1. The van der Waals surface area contributed by atoms with E-state index in [0.29, 0.717) is 23.7 Å². The third-order valence-electron chi connectivity index (χ3n) is 4.47. The lowest BCUT2D eigenvalue weighted by Crippen LogP contribution is -2.11. The molecule has 3 N–H and O–H groups in total. The SMILES string of the molecule is NCc1cc(OCc2cccc(C(=O)C[C@@H](CO)c3ccccc3)c2)ncn1. The van der Waals surface area contributed by atoms with Crippen LogP contribution in [-0.2, 0) is 13.2 Å². The second kappa shape index (κ2) is 9.73. The Morgan fingerprint density at radius 1 is 1.07 bits per heavy atom. The minimum absolute atomic E-state index is 0.0165. The maximum atomic E-state index is 12.7. The summed E-state index contributed by atoms with van der Waals surface area (Å²) in [4.78, 5) is 20.8. The number of carbonyl (C=O) groups excluding carboxylic acids is 1. The van der Waals surface area contributed by atoms with Crippen LogP contribution in [0.5, 0.6) is 5.88 Å². The molecule has 0 aliphatic rings. The van der Waals surface area contributed by atoms with Gasteiger partial charge in [-0.25, -0.2) is 9.97 Å². The fourth-order valence-corrected chi connectivity index (χ4v) is 2.91. The van der Waals surface area contributed by atoms with Crippen molar-refractivity contribution in [3.8, 4) is 5.88 Å². The van der Waals surface area contributed by atoms with Gasteiger partial charge in [0.15, 0.2) is 5.78 Å². The molecule has 0 aliphatic heterocycles. The van der Waals surface area contributed by atoms with Gasteiger partial charge in [0.1, 0.15) is 12.9 Å². The zero-order chi connectivity index (χ0) is 19.8. The number of carbonyl (C=O) groups is 1. The van der Waals surface area contributed by atoms with E-state index >= 15 is 0 Å². The minimum atomic E-state index is -0.218. The highest BCUT2D eigenvalue weighted by molar-refractivity contribution is 5.96. The van der Waals surface area contributed by atoms with Crippen LogP contribution in [-0.4, -0.2) is 27.5 Å². The van der Waals surface area contributed by atoms with Crippen LogP contribution in [0.1, 0.15) is 39.5 Å². The highest BCUT2D eigenvalue weighted by Crippen LogP contribution is 2.22. The Hall–Kier alpha value is -3.09. The first kappa shape index (κ1) is 19.7. The Balaban J connectivity index is 1.65. The Labute approximate surface area is 164 Å². The first-order valence-electron chi connectivity index (χ1n) is 9.11. The van der Waals surface area contributed by atoms with Crippen molar-refractivity contribution >= 4 is 5.78 Å². The van der Waals surface area contributed by atoms with Crippen LogP contribution in [0, 0.1) is 0 Å². The van der Waals surface area contributed by atoms with E-state index in [4.69, 9.17) is 10.5 Å². The van der Waals surface area contributed by atoms with Gasteiger partial charge < -0.3 is 15.6 Å². The predicted molar refractivity (Wildman–Crippen MR) is 106 cm³/mol. The van der Waals surface area contributed by atoms with E-state index in [0.717, 1.165) is 11.1 Å². The van der Waals surface area contributed by atoms with E-state index in [-0.39, 0.29) is 31.3 Å². The molecule has 144 valence electrons. The molecule has 0 spiro atoms. The number of benzene rings is 2. The van der Waals surface area contributed by atoms with Gasteiger partial charge in [0.2, 0.25) is 5.88 Å². The van der Waals surface area contributed by atoms with Gasteiger partial charge in [-0.15, -0.1) is 0 Å². The van der Waals surface area contributed by atoms with Crippen LogP contribution in [0.2, 0.25) is 0 Å². The van der Waals surface area contributed by atoms with Gasteiger partial charge in [-0.1, -0.05) is 48.5 Å². The van der Waals surface area contributed by atoms with Crippen molar-refractivity contribution in [3.05, 3.63) is 89.4 Å². The molecule has 2 aromatic carbocycles. The second-order valence-corrected chi connectivity index (χ2v) is 6.46. The van der Waals surface area contributed by atoms with Gasteiger partial charge in [0.05, 0.1) is 12.3 Å². The van der Waals surface area contributed by atoms with Crippen molar-refractivity contribution in [2.24, 2.45) is 5.73 Å². The summed E-state index contributed by atoms with van der Waals surface area (Å²) in [6.07, 6.45) is 1.66. The smallest absolute Gasteiger partial charge is 0.216 e. The van der Waals surface area contributed by atoms with Crippen LogP contribution in [0.3, 0.4) is 0 Å². The number of ketones is 1. The summed E-state index contributed by atoms with van der Waals surface area (Å²) in [7, 11) is 0. The van der Waals surface area contributed by atoms with Crippen molar-refractivity contribution in [2.75, 3.05) is 6.61 Å². The Bertz CT molecular complexity index is 916. The van der Waals surface area contributed by atoms with Crippen LogP contribution in [0.4, 0.5) is 0 Å². The van der Waals surface area contributed by atoms with E-state index in [1.807, 2.05) is 48.5 Å². The van der Waals surface area contributed by atoms with Crippen LogP contribution in [0.25, 0.3) is 0 Å². The van der Waals surface area contributed by atoms with Gasteiger partial charge >= 0.3 is 0 Å². The molecular weight excluding hydrogens is 354 g/mol. The molecule has 3 aromatic rings. The standard InChI is InChI=1S/C22H23N3O3/c23-12-20-11-22(25-15-24-20)28-14-16-5-4-8-18(9-16)21(27)10-19(13-26)17-6-2-1-3-7-17/h1-9,11,15,19,26H,10,12-14,23H2/t19-/m0/s1. The Morgan fingerprint density at radius 2 is 1.89 bits per heavy atom. The lowest BCUT2D eigenvalue weighted by atomic mass is 9.92. The number of hydrogen-bond donors (Lipinski definition) is 2. The molecule has 1 aromatic heterocycles. The van der Waals surface area contributed by atoms with Crippen molar-refractivity contribution < 1.29 is 14.6 Å². The number of rotatable bonds is 9. The summed E-state index contributed by atoms with van der Waals surface area (Å²) in [5.74, 6) is 0.207. The number of nitrogens with two attached hydrogens (primary N) is 1. The maximum Gasteiger partial charge on any atom is 0.216 e. The molecule has 1 atom stereocenters. The fourth-order valence-electron chi connectivity index (χ4n) is 2.91. The molecule has 0 saturated carbocycles. The maximum absolute atomic E-state index is 12.7. The highest BCUT2D eigenvalue weighted by atomic mass is 16.5. The summed E-state index contributed by atoms with van der Waals surface area (Å²) in [6.45, 7) is 0.524. The average Bonchev–Trinajstić information content (AvgIpc) is 2.76. The lowest BCUT2D eigenvalue weighted by Gasteiger charge is -2.14. The molecule has 0 amide bonds. The van der Waals surface area contributed by atoms with Gasteiger partial charge in [0, 0.05) is 30.5 Å². The molecule has 6 heteroatoms. The van der Waals surface area contributed by atoms with E-state index in [9.17, 15) is 9.90 Å². The van der Waals surface area contributed by atoms with E-state index in [2.05, 4.69) is 9.97 Å². The summed E-state index contributed by atoms with van der Waals surface area (Å²) in [5.41, 5.74) is 8.68. The molecule has 0 aliphatic carbocycles. The van der Waals surface area contributed by atoms with Crippen molar-refractivity contribution in [1.29, 1.82) is 0 Å². The van der Waals surface area contributed by atoms with Crippen molar-refractivity contribution in [1.82, 2.24) is 9.97 Å². The molecule has 0 fully saturated rings. The van der Waals surface area contributed by atoms with Gasteiger partial charge in [0.25, 0.3) is 0 Å². The minimum Gasteiger partial charge on any atom is -0.473 e. The summed E-state index contributed by atoms with van der Waals surface area (Å²) < 4.78 is 5.68. The van der Waals surface area contributed by atoms with E-state index in [1.54, 1.807) is 12.1 Å². The summed E-state index contributed by atoms with van der Waals surface area (Å²) >= 11 is 0. The normalized spacial score (nSPS) is 11.8. The first-order valence-corrected chi connectivity index (χ1v) is 9.11. The van der Waals surface area contributed by atoms with Crippen molar-refractivity contribution in [2.45, 2.75) is 25.5 Å². The number of aliphatic hydroxyl groups is 1. The molecular formula is C22H23N3O3. The van der Waals surface area contributed by atoms with Crippen LogP contribution in [0.15, 0.2) is 67.0 Å². The largest absolute Gasteiger partial charge is 0.473 e. The third kappa shape index (κ3) is 5.22. The molecule has 6 nitrogen and oxygen atoms in total. The van der Waals surface area contributed by atoms with Crippen LogP contribution < -0.4 is 10.5 Å². The highest BCUT2D eigenvalue weighted by Gasteiger charge is 2.16. The third-order valence-corrected chi connectivity index (χ3v) is 4.47. The molecule has 0 bridgehead atoms. The number of hydrogen-bond acceptors (Lipinski definition) is 6. The number of aliphatic hydroxyl groups excluding tert-OH is 1. The van der Waals surface area contributed by atoms with Gasteiger partial charge in [-0.2, -0.15) is 0 Å². The molecule has 1 heterocycles. The number of aromatic nitrogens is 2. The summed E-state index contributed by atoms with van der Waals surface area (Å²) in [6, 6.07) is 18.6. The summed E-state index contributed by atoms with van der Waals surface area (Å²) in [5, 5.41) is 9.69. The molecule has 28 heavy (non-hydrogen) atoms. The molecule has 0 radical (unpaired) electrons. The molecule has 0 saturated heterocycles. The first-order chi connectivity index (χ1) is 13.7. The second-order valence-electron chi connectivity index (χ2n) is 6.46. The van der Waals surface area contributed by atoms with Crippen LogP contribution >= 0.6 is 0 Å². The Morgan fingerprint density at radius 3 is 2.64 bits per heavy atom. The van der Waals surface area contributed by atoms with E-state index < -0.39 is 0 Å². The monoisotopic (exact) mass is 377 g/mol. The fraction of sp³-hybridized carbons (Fsp3) is 0.227. The number of nitrogens with zero attached hydrogens (tertiary/aromatic N) is 2. The van der Waals surface area contributed by atoms with E-state index in [1.165, 1.54) is 6.33 Å². The predicted octanol–water partition coefficient (Wildman–Crippen LogP) is 2.86. The zero-order valence-corrected chi connectivity index (χ0v) is 15.5. The van der Waals surface area contributed by atoms with Crippen molar-refractivity contribution in [3.63, 3.8) is 0 Å². The van der Waals surface area contributed by atoms with Gasteiger partial charge in [-0.3, -0.25) is 4.79 Å². The van der Waals surface area contributed by atoms with Gasteiger partial charge in [-0.05, 0) is 17.2 Å². The topological polar surface area (TPSA) is 98.3 Å². The quantitative estimate of drug-likeness (QED) is 0.557. The molecule has 0 unspecified atom stereocenters. The number of ether oxygens (including phenoxy) is 1. The molecule has 3 rings (SSSR count). The lowest BCUT2D eigenvalue weighted by molar-refractivity contribution is 0.0960. The average molecular weight is 377 g/mol. The Kier molecular flexibility index (Phi) is 6.84. The zero-order valence-electron chi connectivity index (χ0n) is 15.5.